The van der Waals surface area contributed by atoms with E-state index in [1.807, 2.05) is 45.9 Å². The third-order valence-corrected chi connectivity index (χ3v) is 22.3. The van der Waals surface area contributed by atoms with Crippen molar-refractivity contribution in [2.45, 2.75) is 135 Å². The number of ether oxygens (including phenoxy) is 1. The van der Waals surface area contributed by atoms with E-state index in [9.17, 15) is 13.2 Å². The Morgan fingerprint density at radius 1 is 0.904 bits per heavy atom. The predicted octanol–water partition coefficient (Wildman–Crippen LogP) is 10.7. The summed E-state index contributed by atoms with van der Waals surface area (Å²) in [5.74, 6) is -0.141. The van der Waals surface area contributed by atoms with Gasteiger partial charge in [0.25, 0.3) is 10.0 Å². The Labute approximate surface area is 323 Å². The Balaban J connectivity index is 1.79. The van der Waals surface area contributed by atoms with Gasteiger partial charge in [-0.15, -0.1) is 0 Å². The number of amides is 1. The van der Waals surface area contributed by atoms with Crippen molar-refractivity contribution >= 4 is 59.6 Å². The highest BCUT2D eigenvalue weighted by molar-refractivity contribution is 9.10. The van der Waals surface area contributed by atoms with Crippen molar-refractivity contribution in [1.82, 2.24) is 8.87 Å². The van der Waals surface area contributed by atoms with E-state index in [4.69, 9.17) is 13.6 Å². The van der Waals surface area contributed by atoms with Crippen LogP contribution >= 0.6 is 15.9 Å². The molecule has 0 unspecified atom stereocenters. The lowest BCUT2D eigenvalue weighted by Gasteiger charge is -2.45. The molecule has 0 bridgehead atoms. The lowest BCUT2D eigenvalue weighted by Crippen LogP contribution is -2.54. The minimum atomic E-state index is -3.90. The minimum Gasteiger partial charge on any atom is -0.444 e. The second-order valence-corrected chi connectivity index (χ2v) is 30.6. The van der Waals surface area contributed by atoms with Crippen LogP contribution in [0.15, 0.2) is 70.2 Å². The van der Waals surface area contributed by atoms with Crippen molar-refractivity contribution in [3.63, 3.8) is 0 Å². The van der Waals surface area contributed by atoms with Crippen molar-refractivity contribution in [2.24, 2.45) is 5.92 Å². The third-order valence-electron chi connectivity index (χ3n) is 11.0. The first-order valence-corrected chi connectivity index (χ1v) is 26.3. The Bertz CT molecular complexity index is 1880. The molecule has 3 atom stereocenters. The average molecular weight is 834 g/mol. The van der Waals surface area contributed by atoms with E-state index in [0.717, 1.165) is 21.0 Å². The number of benzene rings is 2. The van der Waals surface area contributed by atoms with Gasteiger partial charge in [0, 0.05) is 28.5 Å². The van der Waals surface area contributed by atoms with Gasteiger partial charge in [-0.2, -0.15) is 0 Å². The molecular formula is C40H61BrN2O6SSi2. The van der Waals surface area contributed by atoms with Gasteiger partial charge in [0.2, 0.25) is 0 Å². The van der Waals surface area contributed by atoms with Gasteiger partial charge in [-0.25, -0.2) is 17.2 Å². The number of fused-ring (bicyclic) bond motifs is 1. The molecule has 0 aliphatic carbocycles. The van der Waals surface area contributed by atoms with Gasteiger partial charge >= 0.3 is 6.09 Å². The first kappa shape index (κ1) is 42.5. The van der Waals surface area contributed by atoms with Crippen molar-refractivity contribution in [2.75, 3.05) is 13.2 Å². The van der Waals surface area contributed by atoms with Crippen LogP contribution in [-0.2, 0) is 30.0 Å². The molecule has 0 saturated carbocycles. The highest BCUT2D eigenvalue weighted by atomic mass is 79.9. The van der Waals surface area contributed by atoms with E-state index in [1.165, 1.54) is 3.97 Å². The molecule has 288 valence electrons. The lowest BCUT2D eigenvalue weighted by molar-refractivity contribution is 0.00535. The van der Waals surface area contributed by atoms with Gasteiger partial charge in [-0.1, -0.05) is 93.4 Å². The van der Waals surface area contributed by atoms with Gasteiger partial charge in [-0.3, -0.25) is 0 Å². The van der Waals surface area contributed by atoms with E-state index in [1.54, 1.807) is 35.4 Å². The molecule has 2 heterocycles. The fraction of sp³-hybridized carbons (Fsp3) is 0.575. The molecule has 1 aromatic heterocycles. The molecule has 0 spiro atoms. The van der Waals surface area contributed by atoms with Crippen LogP contribution < -0.4 is 0 Å². The first-order valence-electron chi connectivity index (χ1n) is 18.2. The molecule has 1 amide bonds. The molecule has 0 radical (unpaired) electrons. The predicted molar refractivity (Wildman–Crippen MR) is 222 cm³/mol. The number of nitrogens with zero attached hydrogens (tertiary/aromatic N) is 2. The van der Waals surface area contributed by atoms with E-state index < -0.39 is 44.4 Å². The van der Waals surface area contributed by atoms with Crippen molar-refractivity contribution in [3.05, 3.63) is 76.4 Å². The maximum absolute atomic E-state index is 14.1. The second-order valence-electron chi connectivity index (χ2n) is 18.3. The highest BCUT2D eigenvalue weighted by Gasteiger charge is 2.44. The first-order chi connectivity index (χ1) is 23.6. The standard InChI is InChI=1S/C40H61BrN2O6SSi2/c1-28-18-22-32(23-19-28)50(45,46)43-26-30(36-33(41)16-15-17-34(36)43)24-31-21-20-29(25-42(31)37(44)48-38(2,3)4)35(49-52(13,14)40(8,9)10)27-47-51(11,12)39(5,6)7/h15-23,26,29,31,35H,24-25,27H2,1-14H3/t29-,31+,35-/m1/s1. The second kappa shape index (κ2) is 15.1. The summed E-state index contributed by atoms with van der Waals surface area (Å²) in [6, 6.07) is 12.1. The molecule has 1 aliphatic rings. The van der Waals surface area contributed by atoms with Crippen LogP contribution in [0.2, 0.25) is 36.3 Å². The molecule has 8 nitrogen and oxygen atoms in total. The highest BCUT2D eigenvalue weighted by Crippen LogP contribution is 2.41. The third kappa shape index (κ3) is 9.52. The van der Waals surface area contributed by atoms with Gasteiger partial charge < -0.3 is 18.5 Å². The molecule has 0 fully saturated rings. The van der Waals surface area contributed by atoms with E-state index in [2.05, 4.69) is 95.8 Å². The van der Waals surface area contributed by atoms with Crippen LogP contribution in [0.3, 0.4) is 0 Å². The number of halogens is 1. The zero-order chi connectivity index (χ0) is 39.2. The Morgan fingerprint density at radius 3 is 2.06 bits per heavy atom. The molecule has 2 aromatic carbocycles. The number of hydrogen-bond donors (Lipinski definition) is 0. The zero-order valence-corrected chi connectivity index (χ0v) is 38.2. The normalized spacial score (nSPS) is 18.6. The SMILES string of the molecule is Cc1ccc(S(=O)(=O)n2cc(C[C@@H]3C=C[C@@H]([C@@H](CO[Si](C)(C)C(C)(C)C)O[Si](C)(C)C(C)(C)C)CN3C(=O)OC(C)(C)C)c3c(Br)cccc32)cc1. The van der Waals surface area contributed by atoms with Crippen LogP contribution in [0.4, 0.5) is 4.79 Å². The summed E-state index contributed by atoms with van der Waals surface area (Å²) in [6.45, 7) is 30.8. The van der Waals surface area contributed by atoms with Crippen LogP contribution in [0.25, 0.3) is 10.9 Å². The Morgan fingerprint density at radius 2 is 1.50 bits per heavy atom. The van der Waals surface area contributed by atoms with Crippen molar-refractivity contribution < 1.29 is 26.8 Å². The maximum Gasteiger partial charge on any atom is 0.410 e. The molecule has 3 aromatic rings. The maximum atomic E-state index is 14.1. The lowest BCUT2D eigenvalue weighted by atomic mass is 9.93. The number of carbonyl (C=O) groups is 1. The van der Waals surface area contributed by atoms with Crippen molar-refractivity contribution in [3.8, 4) is 0 Å². The molecular weight excluding hydrogens is 773 g/mol. The topological polar surface area (TPSA) is 87.1 Å². The number of hydrogen-bond acceptors (Lipinski definition) is 6. The van der Waals surface area contributed by atoms with E-state index in [0.29, 0.717) is 25.1 Å². The summed E-state index contributed by atoms with van der Waals surface area (Å²) in [5.41, 5.74) is 1.64. The largest absolute Gasteiger partial charge is 0.444 e. The van der Waals surface area contributed by atoms with Crippen LogP contribution in [-0.4, -0.2) is 70.9 Å². The fourth-order valence-corrected chi connectivity index (χ4v) is 10.1. The van der Waals surface area contributed by atoms with Gasteiger partial charge in [0.1, 0.15) is 5.60 Å². The summed E-state index contributed by atoms with van der Waals surface area (Å²) < 4.78 is 50.2. The van der Waals surface area contributed by atoms with Gasteiger partial charge in [-0.05, 0) is 100 Å². The molecule has 52 heavy (non-hydrogen) atoms. The Hall–Kier alpha value is -2.23. The summed E-state index contributed by atoms with van der Waals surface area (Å²) in [7, 11) is -8.25. The van der Waals surface area contributed by atoms with Gasteiger partial charge in [0.05, 0.1) is 29.2 Å². The molecule has 0 saturated heterocycles. The molecule has 1 aliphatic heterocycles. The monoisotopic (exact) mass is 832 g/mol. The molecule has 4 rings (SSSR count). The quantitative estimate of drug-likeness (QED) is 0.149. The van der Waals surface area contributed by atoms with Crippen LogP contribution in [0.5, 0.6) is 0 Å². The minimum absolute atomic E-state index is 0.0193. The summed E-state index contributed by atoms with van der Waals surface area (Å²) in [4.78, 5) is 16.1. The summed E-state index contributed by atoms with van der Waals surface area (Å²) in [6.07, 6.45) is 5.64. The van der Waals surface area contributed by atoms with Crippen LogP contribution in [0.1, 0.15) is 73.4 Å². The number of aromatic nitrogens is 1. The van der Waals surface area contributed by atoms with Gasteiger partial charge in [0.15, 0.2) is 16.6 Å². The molecule has 0 N–H and O–H groups in total. The number of carbonyl (C=O) groups excluding carboxylic acids is 1. The fourth-order valence-electron chi connectivity index (χ4n) is 5.75. The number of aryl methyl sites for hydroxylation is 1. The smallest absolute Gasteiger partial charge is 0.410 e. The Kier molecular flexibility index (Phi) is 12.4. The van der Waals surface area contributed by atoms with E-state index in [-0.39, 0.29) is 27.0 Å². The number of rotatable bonds is 10. The summed E-state index contributed by atoms with van der Waals surface area (Å²) in [5, 5.41) is 0.805. The molecule has 12 heteroatoms. The average Bonchev–Trinajstić information content (AvgIpc) is 3.38. The van der Waals surface area contributed by atoms with E-state index >= 15 is 0 Å². The summed E-state index contributed by atoms with van der Waals surface area (Å²) >= 11 is 3.71. The zero-order valence-electron chi connectivity index (χ0n) is 33.8. The van der Waals surface area contributed by atoms with Crippen LogP contribution in [0, 0.1) is 12.8 Å². The van der Waals surface area contributed by atoms with Crippen molar-refractivity contribution in [1.29, 1.82) is 0 Å².